The SMILES string of the molecule is O=C(NC1CCCCCC1)c1ccc(N2CCc3ccccc32)s1. The van der Waals surface area contributed by atoms with Crippen molar-refractivity contribution in [3.05, 3.63) is 46.8 Å². The van der Waals surface area contributed by atoms with Crippen molar-refractivity contribution in [3.8, 4) is 0 Å². The molecule has 4 rings (SSSR count). The van der Waals surface area contributed by atoms with Gasteiger partial charge in [-0.1, -0.05) is 43.9 Å². The molecule has 1 N–H and O–H groups in total. The van der Waals surface area contributed by atoms with Gasteiger partial charge in [-0.25, -0.2) is 0 Å². The third-order valence-corrected chi connectivity index (χ3v) is 6.27. The van der Waals surface area contributed by atoms with Crippen molar-refractivity contribution in [2.24, 2.45) is 0 Å². The zero-order chi connectivity index (χ0) is 16.4. The Morgan fingerprint density at radius 1 is 1.04 bits per heavy atom. The summed E-state index contributed by atoms with van der Waals surface area (Å²) in [6.07, 6.45) is 8.44. The van der Waals surface area contributed by atoms with Gasteiger partial charge in [-0.3, -0.25) is 4.79 Å². The molecule has 3 nitrogen and oxygen atoms in total. The monoisotopic (exact) mass is 340 g/mol. The number of amides is 1. The van der Waals surface area contributed by atoms with Gasteiger partial charge in [0.2, 0.25) is 0 Å². The Kier molecular flexibility index (Phi) is 4.56. The number of hydrogen-bond donors (Lipinski definition) is 1. The van der Waals surface area contributed by atoms with E-state index in [0.29, 0.717) is 6.04 Å². The molecule has 1 fully saturated rings. The highest BCUT2D eigenvalue weighted by Gasteiger charge is 2.23. The van der Waals surface area contributed by atoms with Gasteiger partial charge in [0, 0.05) is 18.3 Å². The Balaban J connectivity index is 1.46. The van der Waals surface area contributed by atoms with Crippen LogP contribution in [0.2, 0.25) is 0 Å². The fourth-order valence-electron chi connectivity index (χ4n) is 3.84. The van der Waals surface area contributed by atoms with Gasteiger partial charge in [0.25, 0.3) is 5.91 Å². The van der Waals surface area contributed by atoms with E-state index in [9.17, 15) is 4.79 Å². The predicted octanol–water partition coefficient (Wildman–Crippen LogP) is 4.89. The van der Waals surface area contributed by atoms with Gasteiger partial charge in [0.1, 0.15) is 0 Å². The summed E-state index contributed by atoms with van der Waals surface area (Å²) in [5.74, 6) is 0.102. The number of carbonyl (C=O) groups excluding carboxylic acids is 1. The number of hydrogen-bond acceptors (Lipinski definition) is 3. The second kappa shape index (κ2) is 6.98. The molecule has 2 aliphatic rings. The summed E-state index contributed by atoms with van der Waals surface area (Å²) in [7, 11) is 0. The molecule has 2 aromatic rings. The summed E-state index contributed by atoms with van der Waals surface area (Å²) in [5, 5.41) is 4.42. The van der Waals surface area contributed by atoms with Gasteiger partial charge in [-0.05, 0) is 43.0 Å². The summed E-state index contributed by atoms with van der Waals surface area (Å²) < 4.78 is 0. The number of anilines is 2. The van der Waals surface area contributed by atoms with Crippen LogP contribution in [0.25, 0.3) is 0 Å². The second-order valence-corrected chi connectivity index (χ2v) is 7.89. The first kappa shape index (κ1) is 15.7. The third kappa shape index (κ3) is 3.20. The van der Waals surface area contributed by atoms with E-state index < -0.39 is 0 Å². The number of nitrogens with one attached hydrogen (secondary N) is 1. The van der Waals surface area contributed by atoms with Gasteiger partial charge < -0.3 is 10.2 Å². The minimum absolute atomic E-state index is 0.102. The maximum absolute atomic E-state index is 12.6. The number of carbonyl (C=O) groups is 1. The predicted molar refractivity (Wildman–Crippen MR) is 100 cm³/mol. The lowest BCUT2D eigenvalue weighted by molar-refractivity contribution is 0.0937. The van der Waals surface area contributed by atoms with E-state index in [1.807, 2.05) is 6.07 Å². The molecule has 0 unspecified atom stereocenters. The van der Waals surface area contributed by atoms with E-state index in [1.165, 1.54) is 41.9 Å². The molecule has 1 aromatic carbocycles. The maximum Gasteiger partial charge on any atom is 0.261 e. The minimum atomic E-state index is 0.102. The number of rotatable bonds is 3. The van der Waals surface area contributed by atoms with Crippen molar-refractivity contribution in [2.75, 3.05) is 11.4 Å². The molecule has 1 aliphatic heterocycles. The summed E-state index contributed by atoms with van der Waals surface area (Å²) in [5.41, 5.74) is 2.69. The van der Waals surface area contributed by atoms with Crippen LogP contribution >= 0.6 is 11.3 Å². The number of nitrogens with zero attached hydrogens (tertiary/aromatic N) is 1. The molecule has 4 heteroatoms. The van der Waals surface area contributed by atoms with Crippen LogP contribution in [0.3, 0.4) is 0 Å². The summed E-state index contributed by atoms with van der Waals surface area (Å²) in [6, 6.07) is 13.0. The first-order valence-electron chi connectivity index (χ1n) is 9.07. The topological polar surface area (TPSA) is 32.3 Å². The van der Waals surface area contributed by atoms with Crippen molar-refractivity contribution in [1.29, 1.82) is 0 Å². The lowest BCUT2D eigenvalue weighted by Gasteiger charge is -2.17. The molecule has 126 valence electrons. The number of thiophene rings is 1. The average molecular weight is 340 g/mol. The minimum Gasteiger partial charge on any atom is -0.349 e. The lowest BCUT2D eigenvalue weighted by Crippen LogP contribution is -2.33. The Bertz CT molecular complexity index is 716. The van der Waals surface area contributed by atoms with Crippen LogP contribution in [0.5, 0.6) is 0 Å². The van der Waals surface area contributed by atoms with Crippen LogP contribution in [0.1, 0.15) is 53.8 Å². The number of benzene rings is 1. The van der Waals surface area contributed by atoms with E-state index in [2.05, 4.69) is 40.5 Å². The van der Waals surface area contributed by atoms with E-state index in [-0.39, 0.29) is 5.91 Å². The normalized spacial score (nSPS) is 18.2. The van der Waals surface area contributed by atoms with Crippen molar-refractivity contribution >= 4 is 27.9 Å². The summed E-state index contributed by atoms with van der Waals surface area (Å²) in [6.45, 7) is 1.00. The Hall–Kier alpha value is -1.81. The van der Waals surface area contributed by atoms with Crippen LogP contribution in [0.4, 0.5) is 10.7 Å². The van der Waals surface area contributed by atoms with Crippen LogP contribution < -0.4 is 10.2 Å². The van der Waals surface area contributed by atoms with Crippen molar-refractivity contribution in [2.45, 2.75) is 51.0 Å². The van der Waals surface area contributed by atoms with Gasteiger partial charge in [-0.2, -0.15) is 0 Å². The fourth-order valence-corrected chi connectivity index (χ4v) is 4.79. The smallest absolute Gasteiger partial charge is 0.261 e. The second-order valence-electron chi connectivity index (χ2n) is 6.83. The zero-order valence-corrected chi connectivity index (χ0v) is 14.8. The van der Waals surface area contributed by atoms with Crippen molar-refractivity contribution in [1.82, 2.24) is 5.32 Å². The highest BCUT2D eigenvalue weighted by atomic mass is 32.1. The van der Waals surface area contributed by atoms with Gasteiger partial charge in [0.05, 0.1) is 9.88 Å². The van der Waals surface area contributed by atoms with E-state index in [4.69, 9.17) is 0 Å². The molecule has 0 spiro atoms. The molecule has 0 saturated heterocycles. The van der Waals surface area contributed by atoms with Crippen LogP contribution in [-0.2, 0) is 6.42 Å². The Labute approximate surface area is 147 Å². The van der Waals surface area contributed by atoms with E-state index >= 15 is 0 Å². The van der Waals surface area contributed by atoms with E-state index in [0.717, 1.165) is 30.7 Å². The van der Waals surface area contributed by atoms with Crippen LogP contribution in [0.15, 0.2) is 36.4 Å². The molecule has 2 heterocycles. The fraction of sp³-hybridized carbons (Fsp3) is 0.450. The molecule has 1 saturated carbocycles. The highest BCUT2D eigenvalue weighted by Crippen LogP contribution is 2.38. The Morgan fingerprint density at radius 3 is 2.67 bits per heavy atom. The standard InChI is InChI=1S/C20H24N2OS/c23-20(21-16-8-3-1-2-4-9-16)18-11-12-19(24-18)22-14-13-15-7-5-6-10-17(15)22/h5-7,10-12,16H,1-4,8-9,13-14H2,(H,21,23). The quantitative estimate of drug-likeness (QED) is 0.807. The molecule has 0 radical (unpaired) electrons. The van der Waals surface area contributed by atoms with Gasteiger partial charge in [-0.15, -0.1) is 11.3 Å². The van der Waals surface area contributed by atoms with Crippen LogP contribution in [0, 0.1) is 0 Å². The van der Waals surface area contributed by atoms with Gasteiger partial charge >= 0.3 is 0 Å². The molecule has 1 amide bonds. The molecular weight excluding hydrogens is 316 g/mol. The Morgan fingerprint density at radius 2 is 1.83 bits per heavy atom. The number of fused-ring (bicyclic) bond motifs is 1. The molecule has 1 aromatic heterocycles. The molecule has 24 heavy (non-hydrogen) atoms. The zero-order valence-electron chi connectivity index (χ0n) is 14.0. The highest BCUT2D eigenvalue weighted by molar-refractivity contribution is 7.18. The van der Waals surface area contributed by atoms with Crippen molar-refractivity contribution < 1.29 is 4.79 Å². The summed E-state index contributed by atoms with van der Waals surface area (Å²) >= 11 is 1.61. The average Bonchev–Trinajstić information content (AvgIpc) is 3.17. The van der Waals surface area contributed by atoms with Crippen molar-refractivity contribution in [3.63, 3.8) is 0 Å². The largest absolute Gasteiger partial charge is 0.349 e. The maximum atomic E-state index is 12.6. The molecule has 1 aliphatic carbocycles. The lowest BCUT2D eigenvalue weighted by atomic mass is 10.1. The molecule has 0 atom stereocenters. The first-order valence-corrected chi connectivity index (χ1v) is 9.89. The first-order chi connectivity index (χ1) is 11.8. The third-order valence-electron chi connectivity index (χ3n) is 5.16. The number of para-hydroxylation sites is 1. The summed E-state index contributed by atoms with van der Waals surface area (Å²) in [4.78, 5) is 15.7. The van der Waals surface area contributed by atoms with E-state index in [1.54, 1.807) is 11.3 Å². The molecule has 0 bridgehead atoms. The molecular formula is C20H24N2OS. The van der Waals surface area contributed by atoms with Crippen LogP contribution in [-0.4, -0.2) is 18.5 Å². The van der Waals surface area contributed by atoms with Gasteiger partial charge in [0.15, 0.2) is 0 Å².